The lowest BCUT2D eigenvalue weighted by atomic mass is 10.1. The minimum atomic E-state index is -0.688. The number of carbonyl (C=O) groups excluding carboxylic acids is 1. The highest BCUT2D eigenvalue weighted by Crippen LogP contribution is 2.17. The van der Waals surface area contributed by atoms with Gasteiger partial charge in [0.15, 0.2) is 0 Å². The third kappa shape index (κ3) is 2.94. The summed E-state index contributed by atoms with van der Waals surface area (Å²) < 4.78 is 1.74. The minimum absolute atomic E-state index is 0.688. The molecule has 0 bridgehead atoms. The molecule has 0 aliphatic heterocycles. The monoisotopic (exact) mass is 243 g/mol. The maximum absolute atomic E-state index is 10.5. The van der Waals surface area contributed by atoms with E-state index >= 15 is 0 Å². The Morgan fingerprint density at radius 1 is 1.50 bits per heavy atom. The number of aromatic nitrogens is 2. The van der Waals surface area contributed by atoms with Crippen LogP contribution < -0.4 is 11.2 Å². The number of nitrogens with two attached hydrogens (primary N) is 1. The number of urea groups is 1. The van der Waals surface area contributed by atoms with Crippen molar-refractivity contribution in [2.75, 3.05) is 0 Å². The van der Waals surface area contributed by atoms with Crippen molar-refractivity contribution in [3.63, 3.8) is 0 Å². The Morgan fingerprint density at radius 3 is 3.00 bits per heavy atom. The number of hydrazone groups is 1. The maximum Gasteiger partial charge on any atom is 0.332 e. The largest absolute Gasteiger partial charge is 0.350 e. The fraction of sp³-hybridized carbons (Fsp3) is 0.0833. The van der Waals surface area contributed by atoms with Crippen molar-refractivity contribution in [3.05, 3.63) is 42.1 Å². The number of nitrogens with zero attached hydrogens (tertiary/aromatic N) is 3. The van der Waals surface area contributed by atoms with Crippen LogP contribution >= 0.6 is 0 Å². The Morgan fingerprint density at radius 2 is 2.33 bits per heavy atom. The van der Waals surface area contributed by atoms with Crippen LogP contribution in [-0.2, 0) is 7.05 Å². The zero-order valence-corrected chi connectivity index (χ0v) is 9.87. The second-order valence-corrected chi connectivity index (χ2v) is 3.73. The number of carbonyl (C=O) groups is 1. The van der Waals surface area contributed by atoms with Crippen LogP contribution in [0.1, 0.15) is 5.56 Å². The fourth-order valence-corrected chi connectivity index (χ4v) is 1.52. The van der Waals surface area contributed by atoms with Gasteiger partial charge < -0.3 is 5.73 Å². The number of rotatable bonds is 3. The second kappa shape index (κ2) is 5.13. The van der Waals surface area contributed by atoms with E-state index in [4.69, 9.17) is 5.73 Å². The third-order valence-corrected chi connectivity index (χ3v) is 2.28. The van der Waals surface area contributed by atoms with Crippen LogP contribution in [0, 0.1) is 0 Å². The van der Waals surface area contributed by atoms with Gasteiger partial charge in [-0.1, -0.05) is 18.2 Å². The van der Waals surface area contributed by atoms with E-state index < -0.39 is 6.03 Å². The van der Waals surface area contributed by atoms with Gasteiger partial charge in [-0.3, -0.25) is 4.68 Å². The van der Waals surface area contributed by atoms with Crippen molar-refractivity contribution in [2.45, 2.75) is 0 Å². The lowest BCUT2D eigenvalue weighted by Crippen LogP contribution is -2.24. The van der Waals surface area contributed by atoms with E-state index in [9.17, 15) is 4.79 Å². The molecule has 0 aliphatic carbocycles. The van der Waals surface area contributed by atoms with E-state index in [1.807, 2.05) is 43.6 Å². The second-order valence-electron chi connectivity index (χ2n) is 3.73. The average Bonchev–Trinajstić information content (AvgIpc) is 2.76. The van der Waals surface area contributed by atoms with Gasteiger partial charge >= 0.3 is 6.03 Å². The van der Waals surface area contributed by atoms with E-state index in [2.05, 4.69) is 15.6 Å². The number of nitrogens with one attached hydrogen (secondary N) is 1. The van der Waals surface area contributed by atoms with E-state index in [0.29, 0.717) is 0 Å². The molecule has 2 rings (SSSR count). The van der Waals surface area contributed by atoms with Gasteiger partial charge in [0.25, 0.3) is 0 Å². The van der Waals surface area contributed by atoms with E-state index in [-0.39, 0.29) is 0 Å². The van der Waals surface area contributed by atoms with Crippen LogP contribution in [0.4, 0.5) is 4.79 Å². The number of aryl methyl sites for hydroxylation is 1. The molecule has 2 amide bonds. The molecule has 0 atom stereocenters. The molecule has 0 fully saturated rings. The van der Waals surface area contributed by atoms with Gasteiger partial charge in [-0.25, -0.2) is 10.2 Å². The summed E-state index contributed by atoms with van der Waals surface area (Å²) in [6, 6.07) is 8.90. The maximum atomic E-state index is 10.5. The van der Waals surface area contributed by atoms with Gasteiger partial charge in [0, 0.05) is 18.8 Å². The first kappa shape index (κ1) is 11.8. The minimum Gasteiger partial charge on any atom is -0.350 e. The van der Waals surface area contributed by atoms with Crippen molar-refractivity contribution in [3.8, 4) is 11.3 Å². The van der Waals surface area contributed by atoms with Crippen LogP contribution in [0.25, 0.3) is 11.3 Å². The summed E-state index contributed by atoms with van der Waals surface area (Å²) in [6.07, 6.45) is 3.40. The Balaban J connectivity index is 2.20. The van der Waals surface area contributed by atoms with E-state index in [0.717, 1.165) is 16.8 Å². The SMILES string of the molecule is Cn1ccc(-c2cccc(C=NNC(N)=O)c2)n1. The first-order valence-electron chi connectivity index (χ1n) is 5.34. The molecule has 1 aromatic carbocycles. The smallest absolute Gasteiger partial charge is 0.332 e. The average molecular weight is 243 g/mol. The Labute approximate surface area is 104 Å². The molecule has 0 saturated heterocycles. The molecule has 3 N–H and O–H groups in total. The van der Waals surface area contributed by atoms with Crippen LogP contribution in [0.5, 0.6) is 0 Å². The third-order valence-electron chi connectivity index (χ3n) is 2.28. The molecule has 0 saturated carbocycles. The summed E-state index contributed by atoms with van der Waals surface area (Å²) in [5, 5.41) is 8.02. The lowest BCUT2D eigenvalue weighted by molar-refractivity contribution is 0.249. The standard InChI is InChI=1S/C12H13N5O/c1-17-6-5-11(16-17)10-4-2-3-9(7-10)8-14-15-12(13)18/h2-8H,1H3,(H3,13,15,18). The number of hydrogen-bond donors (Lipinski definition) is 2. The van der Waals surface area contributed by atoms with Gasteiger partial charge in [-0.05, 0) is 17.7 Å². The number of primary amides is 1. The number of benzene rings is 1. The van der Waals surface area contributed by atoms with Crippen molar-refractivity contribution >= 4 is 12.2 Å². The Bertz CT molecular complexity index is 588. The molecule has 0 spiro atoms. The van der Waals surface area contributed by atoms with Crippen LogP contribution in [0.15, 0.2) is 41.6 Å². The zero-order chi connectivity index (χ0) is 13.0. The van der Waals surface area contributed by atoms with E-state index in [1.54, 1.807) is 4.68 Å². The van der Waals surface area contributed by atoms with Gasteiger partial charge in [0.2, 0.25) is 0 Å². The molecule has 0 radical (unpaired) electrons. The van der Waals surface area contributed by atoms with Gasteiger partial charge in [-0.15, -0.1) is 0 Å². The fourth-order valence-electron chi connectivity index (χ4n) is 1.52. The molecule has 92 valence electrons. The van der Waals surface area contributed by atoms with Gasteiger partial charge in [-0.2, -0.15) is 10.2 Å². The first-order valence-corrected chi connectivity index (χ1v) is 5.34. The molecular formula is C12H13N5O. The predicted molar refractivity (Wildman–Crippen MR) is 69.0 cm³/mol. The summed E-state index contributed by atoms with van der Waals surface area (Å²) >= 11 is 0. The van der Waals surface area contributed by atoms with Crippen LogP contribution in [0.2, 0.25) is 0 Å². The summed E-state index contributed by atoms with van der Waals surface area (Å²) in [5.41, 5.74) is 9.77. The van der Waals surface area contributed by atoms with Crippen molar-refractivity contribution in [1.82, 2.24) is 15.2 Å². The first-order chi connectivity index (χ1) is 8.65. The normalized spacial score (nSPS) is 10.7. The molecule has 6 nitrogen and oxygen atoms in total. The van der Waals surface area contributed by atoms with Gasteiger partial charge in [0.1, 0.15) is 0 Å². The summed E-state index contributed by atoms with van der Waals surface area (Å²) in [4.78, 5) is 10.5. The van der Waals surface area contributed by atoms with Crippen molar-refractivity contribution in [2.24, 2.45) is 17.9 Å². The summed E-state index contributed by atoms with van der Waals surface area (Å²) in [7, 11) is 1.87. The highest BCUT2D eigenvalue weighted by molar-refractivity contribution is 5.83. The molecule has 6 heteroatoms. The van der Waals surface area contributed by atoms with Gasteiger partial charge in [0.05, 0.1) is 11.9 Å². The van der Waals surface area contributed by atoms with Crippen LogP contribution in [0.3, 0.4) is 0 Å². The zero-order valence-electron chi connectivity index (χ0n) is 9.87. The topological polar surface area (TPSA) is 85.3 Å². The molecule has 1 aromatic heterocycles. The highest BCUT2D eigenvalue weighted by Gasteiger charge is 2.01. The molecule has 18 heavy (non-hydrogen) atoms. The predicted octanol–water partition coefficient (Wildman–Crippen LogP) is 1.09. The Hall–Kier alpha value is -2.63. The van der Waals surface area contributed by atoms with Crippen molar-refractivity contribution in [1.29, 1.82) is 0 Å². The van der Waals surface area contributed by atoms with Crippen LogP contribution in [-0.4, -0.2) is 22.0 Å². The summed E-state index contributed by atoms with van der Waals surface area (Å²) in [5.74, 6) is 0. The number of hydrogen-bond acceptors (Lipinski definition) is 3. The lowest BCUT2D eigenvalue weighted by Gasteiger charge is -1.98. The summed E-state index contributed by atoms with van der Waals surface area (Å²) in [6.45, 7) is 0. The molecule has 2 aromatic rings. The highest BCUT2D eigenvalue weighted by atomic mass is 16.2. The molecule has 0 aliphatic rings. The quantitative estimate of drug-likeness (QED) is 0.624. The van der Waals surface area contributed by atoms with E-state index in [1.165, 1.54) is 6.21 Å². The van der Waals surface area contributed by atoms with Crippen molar-refractivity contribution < 1.29 is 4.79 Å². The molecule has 0 unspecified atom stereocenters. The molecule has 1 heterocycles. The molecular weight excluding hydrogens is 230 g/mol. The number of amides is 2. The Kier molecular flexibility index (Phi) is 3.38.